The average Bonchev–Trinajstić information content (AvgIpc) is 2.98. The van der Waals surface area contributed by atoms with Crippen LogP contribution < -0.4 is 0 Å². The zero-order valence-corrected chi connectivity index (χ0v) is 22.3. The summed E-state index contributed by atoms with van der Waals surface area (Å²) in [5.74, 6) is 0.102. The van der Waals surface area contributed by atoms with Crippen LogP contribution in [0.15, 0.2) is 111 Å². The maximum absolute atomic E-state index is 4.52. The van der Waals surface area contributed by atoms with Crippen molar-refractivity contribution in [2.75, 3.05) is 12.8 Å². The molecule has 0 radical (unpaired) electrons. The van der Waals surface area contributed by atoms with Gasteiger partial charge in [-0.25, -0.2) is 0 Å². The van der Waals surface area contributed by atoms with Crippen molar-refractivity contribution in [2.24, 2.45) is 10.9 Å². The Hall–Kier alpha value is -2.52. The standard InChI is InChI=1S/C31H40N2S/c1-7-31(34-6)28(19-18-26-13-11-12-23(2)16-17-26)22-29(32-5)24(3)25(4)33-21-20-27-14-9-8-10-15-30(27)33/h9-16,22,24H,4-5,7-8,17-21H2,1-3,6H3/b29-22+,31-28+/t24-/m1/s1. The van der Waals surface area contributed by atoms with Gasteiger partial charge in [-0.3, -0.25) is 4.99 Å². The van der Waals surface area contributed by atoms with E-state index in [9.17, 15) is 0 Å². The fraction of sp³-hybridized carbons (Fsp3) is 0.387. The van der Waals surface area contributed by atoms with E-state index in [1.807, 2.05) is 11.8 Å². The molecular weight excluding hydrogens is 432 g/mol. The van der Waals surface area contributed by atoms with E-state index < -0.39 is 0 Å². The number of allylic oxidation sites excluding steroid dienone is 13. The minimum atomic E-state index is 0.102. The van der Waals surface area contributed by atoms with Crippen molar-refractivity contribution in [3.63, 3.8) is 0 Å². The predicted octanol–water partition coefficient (Wildman–Crippen LogP) is 8.84. The summed E-state index contributed by atoms with van der Waals surface area (Å²) in [6.07, 6.45) is 28.7. The highest BCUT2D eigenvalue weighted by Gasteiger charge is 2.26. The van der Waals surface area contributed by atoms with E-state index in [1.165, 1.54) is 32.9 Å². The van der Waals surface area contributed by atoms with Crippen molar-refractivity contribution in [3.8, 4) is 0 Å². The molecule has 1 heterocycles. The maximum Gasteiger partial charge on any atom is 0.0486 e. The Bertz CT molecular complexity index is 1030. The Labute approximate surface area is 211 Å². The van der Waals surface area contributed by atoms with Crippen LogP contribution in [0, 0.1) is 5.92 Å². The molecule has 0 unspecified atom stereocenters. The van der Waals surface area contributed by atoms with Crippen LogP contribution in [0.5, 0.6) is 0 Å². The van der Waals surface area contributed by atoms with Crippen LogP contribution >= 0.6 is 11.8 Å². The van der Waals surface area contributed by atoms with E-state index in [0.717, 1.165) is 56.5 Å². The summed E-state index contributed by atoms with van der Waals surface area (Å²) in [6, 6.07) is 0. The quantitative estimate of drug-likeness (QED) is 0.233. The average molecular weight is 473 g/mol. The van der Waals surface area contributed by atoms with E-state index in [1.54, 1.807) is 0 Å². The van der Waals surface area contributed by atoms with Crippen LogP contribution in [0.2, 0.25) is 0 Å². The van der Waals surface area contributed by atoms with Crippen LogP contribution in [-0.2, 0) is 0 Å². The van der Waals surface area contributed by atoms with Crippen molar-refractivity contribution in [2.45, 2.75) is 59.3 Å². The van der Waals surface area contributed by atoms with Crippen molar-refractivity contribution in [1.82, 2.24) is 4.90 Å². The van der Waals surface area contributed by atoms with Crippen LogP contribution in [0.1, 0.15) is 59.3 Å². The number of hydrogen-bond donors (Lipinski definition) is 0. The second kappa shape index (κ2) is 12.8. The fourth-order valence-electron chi connectivity index (χ4n) is 4.72. The van der Waals surface area contributed by atoms with Gasteiger partial charge in [0, 0.05) is 29.6 Å². The number of rotatable bonds is 10. The Morgan fingerprint density at radius 3 is 2.79 bits per heavy atom. The van der Waals surface area contributed by atoms with E-state index >= 15 is 0 Å². The first-order valence-electron chi connectivity index (χ1n) is 12.5. The Kier molecular flexibility index (Phi) is 9.83. The van der Waals surface area contributed by atoms with Gasteiger partial charge in [-0.2, -0.15) is 0 Å². The molecule has 0 amide bonds. The molecule has 0 saturated carbocycles. The molecule has 3 heteroatoms. The minimum absolute atomic E-state index is 0.102. The van der Waals surface area contributed by atoms with Gasteiger partial charge in [0.05, 0.1) is 0 Å². The molecule has 2 aliphatic carbocycles. The Morgan fingerprint density at radius 2 is 2.06 bits per heavy atom. The van der Waals surface area contributed by atoms with E-state index in [4.69, 9.17) is 0 Å². The number of nitrogens with zero attached hydrogens (tertiary/aromatic N) is 2. The SMILES string of the molecule is C=N/C(=C/C(CCC1=CC=CC(C)=CC1)=C(\CC)SC)[C@H](C)C(=C)N1CCC2=C1C=CCC=C2. The highest BCUT2D eigenvalue weighted by atomic mass is 32.2. The van der Waals surface area contributed by atoms with Crippen LogP contribution in [0.4, 0.5) is 0 Å². The molecule has 0 bridgehead atoms. The summed E-state index contributed by atoms with van der Waals surface area (Å²) in [7, 11) is 0. The number of hydrogen-bond acceptors (Lipinski definition) is 3. The van der Waals surface area contributed by atoms with Crippen molar-refractivity contribution < 1.29 is 0 Å². The summed E-state index contributed by atoms with van der Waals surface area (Å²) < 4.78 is 0. The lowest BCUT2D eigenvalue weighted by Crippen LogP contribution is -2.23. The molecule has 0 aromatic carbocycles. The highest BCUT2D eigenvalue weighted by molar-refractivity contribution is 8.02. The van der Waals surface area contributed by atoms with Gasteiger partial charge in [-0.1, -0.05) is 74.1 Å². The normalized spacial score (nSPS) is 19.8. The van der Waals surface area contributed by atoms with Gasteiger partial charge in [0.2, 0.25) is 0 Å². The van der Waals surface area contributed by atoms with Crippen LogP contribution in [0.25, 0.3) is 0 Å². The summed E-state index contributed by atoms with van der Waals surface area (Å²) in [5.41, 5.74) is 9.00. The molecule has 34 heavy (non-hydrogen) atoms. The summed E-state index contributed by atoms with van der Waals surface area (Å²) in [5, 5.41) is 0. The van der Waals surface area contributed by atoms with Crippen molar-refractivity contribution in [1.29, 1.82) is 0 Å². The Balaban J connectivity index is 1.82. The first kappa shape index (κ1) is 26.1. The lowest BCUT2D eigenvalue weighted by atomic mass is 9.96. The molecular formula is C31H40N2S. The van der Waals surface area contributed by atoms with Crippen LogP contribution in [-0.4, -0.2) is 24.4 Å². The monoisotopic (exact) mass is 472 g/mol. The lowest BCUT2D eigenvalue weighted by molar-refractivity contribution is 0.432. The van der Waals surface area contributed by atoms with Gasteiger partial charge >= 0.3 is 0 Å². The summed E-state index contributed by atoms with van der Waals surface area (Å²) >= 11 is 1.85. The van der Waals surface area contributed by atoms with Crippen molar-refractivity contribution in [3.05, 3.63) is 106 Å². The molecule has 2 nitrogen and oxygen atoms in total. The third kappa shape index (κ3) is 6.54. The van der Waals surface area contributed by atoms with Gasteiger partial charge in [0.15, 0.2) is 0 Å². The second-order valence-corrected chi connectivity index (χ2v) is 10.0. The van der Waals surface area contributed by atoms with Gasteiger partial charge in [0.1, 0.15) is 0 Å². The molecule has 0 aromatic rings. The smallest absolute Gasteiger partial charge is 0.0486 e. The first-order valence-corrected chi connectivity index (χ1v) is 13.7. The number of thioether (sulfide) groups is 1. The fourth-order valence-corrected chi connectivity index (χ4v) is 5.43. The molecule has 180 valence electrons. The van der Waals surface area contributed by atoms with E-state index in [0.29, 0.717) is 0 Å². The van der Waals surface area contributed by atoms with E-state index in [-0.39, 0.29) is 5.92 Å². The zero-order valence-electron chi connectivity index (χ0n) is 21.4. The van der Waals surface area contributed by atoms with Gasteiger partial charge in [0.25, 0.3) is 0 Å². The van der Waals surface area contributed by atoms with E-state index in [2.05, 4.69) is 105 Å². The molecule has 0 fully saturated rings. The van der Waals surface area contributed by atoms with Crippen molar-refractivity contribution >= 4 is 18.5 Å². The largest absolute Gasteiger partial charge is 0.344 e. The number of aliphatic imine (C=N–C) groups is 1. The molecule has 1 atom stereocenters. The molecule has 0 spiro atoms. The lowest BCUT2D eigenvalue weighted by Gasteiger charge is -2.28. The molecule has 0 N–H and O–H groups in total. The zero-order chi connectivity index (χ0) is 24.5. The topological polar surface area (TPSA) is 15.6 Å². The summed E-state index contributed by atoms with van der Waals surface area (Å²) in [4.78, 5) is 8.32. The third-order valence-corrected chi connectivity index (χ3v) is 7.95. The van der Waals surface area contributed by atoms with Crippen LogP contribution in [0.3, 0.4) is 0 Å². The minimum Gasteiger partial charge on any atom is -0.344 e. The second-order valence-electron chi connectivity index (χ2n) is 9.14. The van der Waals surface area contributed by atoms with Gasteiger partial charge < -0.3 is 4.90 Å². The maximum atomic E-state index is 4.52. The molecule has 3 aliphatic rings. The highest BCUT2D eigenvalue weighted by Crippen LogP contribution is 2.36. The van der Waals surface area contributed by atoms with Gasteiger partial charge in [-0.15, -0.1) is 11.8 Å². The predicted molar refractivity (Wildman–Crippen MR) is 153 cm³/mol. The first-order chi connectivity index (χ1) is 16.5. The third-order valence-electron chi connectivity index (χ3n) is 6.90. The molecule has 0 aromatic heterocycles. The molecule has 3 rings (SSSR count). The Morgan fingerprint density at radius 1 is 1.26 bits per heavy atom. The molecule has 0 saturated heterocycles. The van der Waals surface area contributed by atoms with Gasteiger partial charge in [-0.05, 0) is 86.6 Å². The molecule has 1 aliphatic heterocycles. The summed E-state index contributed by atoms with van der Waals surface area (Å²) in [6.45, 7) is 16.1.